The van der Waals surface area contributed by atoms with Crippen molar-refractivity contribution in [3.8, 4) is 0 Å². The van der Waals surface area contributed by atoms with Gasteiger partial charge in [0.25, 0.3) is 5.91 Å². The molecule has 1 amide bonds. The zero-order valence-electron chi connectivity index (χ0n) is 16.1. The molecule has 0 saturated carbocycles. The van der Waals surface area contributed by atoms with Crippen molar-refractivity contribution in [2.24, 2.45) is 5.92 Å². The number of nitrogens with one attached hydrogen (secondary N) is 1. The van der Waals surface area contributed by atoms with E-state index in [2.05, 4.69) is 19.2 Å². The second-order valence-electron chi connectivity index (χ2n) is 7.19. The fourth-order valence-electron chi connectivity index (χ4n) is 2.80. The van der Waals surface area contributed by atoms with Crippen LogP contribution >= 0.6 is 0 Å². The highest BCUT2D eigenvalue weighted by Crippen LogP contribution is 2.18. The molecular formula is C21H29NO4S. The number of amides is 1. The lowest BCUT2D eigenvalue weighted by Gasteiger charge is -2.05. The Labute approximate surface area is 162 Å². The number of hydrogen-bond donors (Lipinski definition) is 1. The zero-order valence-corrected chi connectivity index (χ0v) is 16.9. The highest BCUT2D eigenvalue weighted by Gasteiger charge is 2.19. The summed E-state index contributed by atoms with van der Waals surface area (Å²) in [5, 5.41) is 2.82. The molecule has 0 spiro atoms. The molecule has 2 aromatic rings. The van der Waals surface area contributed by atoms with Gasteiger partial charge in [0.15, 0.2) is 15.6 Å². The molecule has 1 aromatic heterocycles. The van der Waals surface area contributed by atoms with Crippen LogP contribution in [-0.4, -0.2) is 20.9 Å². The topological polar surface area (TPSA) is 76.4 Å². The Morgan fingerprint density at radius 1 is 1.00 bits per heavy atom. The first-order chi connectivity index (χ1) is 12.9. The van der Waals surface area contributed by atoms with Crippen LogP contribution in [-0.2, 0) is 15.6 Å². The summed E-state index contributed by atoms with van der Waals surface area (Å²) in [6, 6.07) is 11.3. The molecule has 2 rings (SSSR count). The Balaban J connectivity index is 1.77. The molecule has 0 aliphatic rings. The van der Waals surface area contributed by atoms with Gasteiger partial charge in [-0.3, -0.25) is 4.79 Å². The summed E-state index contributed by atoms with van der Waals surface area (Å²) in [5.74, 6) is 0.579. The molecule has 0 aliphatic heterocycles. The van der Waals surface area contributed by atoms with Crippen LogP contribution in [0.5, 0.6) is 0 Å². The summed E-state index contributed by atoms with van der Waals surface area (Å²) in [4.78, 5) is 12.4. The Bertz CT molecular complexity index is 810. The Morgan fingerprint density at radius 2 is 1.70 bits per heavy atom. The molecule has 27 heavy (non-hydrogen) atoms. The van der Waals surface area contributed by atoms with E-state index in [1.54, 1.807) is 36.4 Å². The number of furan rings is 1. The minimum Gasteiger partial charge on any atom is -0.455 e. The van der Waals surface area contributed by atoms with Gasteiger partial charge in [-0.05, 0) is 36.6 Å². The lowest BCUT2D eigenvalue weighted by atomic mass is 10.0. The number of rotatable bonds is 11. The second-order valence-corrected chi connectivity index (χ2v) is 9.18. The highest BCUT2D eigenvalue weighted by atomic mass is 32.2. The number of hydrogen-bond acceptors (Lipinski definition) is 4. The zero-order chi connectivity index (χ0) is 19.7. The lowest BCUT2D eigenvalue weighted by molar-refractivity contribution is 0.0923. The van der Waals surface area contributed by atoms with E-state index in [1.807, 2.05) is 0 Å². The van der Waals surface area contributed by atoms with E-state index in [9.17, 15) is 13.2 Å². The van der Waals surface area contributed by atoms with Crippen molar-refractivity contribution in [1.82, 2.24) is 5.32 Å². The van der Waals surface area contributed by atoms with Gasteiger partial charge in [-0.1, -0.05) is 57.7 Å². The predicted octanol–water partition coefficient (Wildman–Crippen LogP) is 4.59. The molecule has 0 fully saturated rings. The fourth-order valence-corrected chi connectivity index (χ4v) is 4.06. The maximum Gasteiger partial charge on any atom is 0.286 e. The van der Waals surface area contributed by atoms with Gasteiger partial charge in [-0.25, -0.2) is 8.42 Å². The van der Waals surface area contributed by atoms with E-state index in [4.69, 9.17) is 4.42 Å². The molecule has 1 N–H and O–H groups in total. The van der Waals surface area contributed by atoms with Crippen molar-refractivity contribution < 1.29 is 17.6 Å². The number of carbonyl (C=O) groups excluding carboxylic acids is 1. The predicted molar refractivity (Wildman–Crippen MR) is 106 cm³/mol. The largest absolute Gasteiger partial charge is 0.455 e. The molecule has 6 heteroatoms. The SMILES string of the molecule is CC(C)CCCCCCNC(=O)c1ccc(CS(=O)(=O)c2ccccc2)o1. The first kappa shape index (κ1) is 21.2. The first-order valence-corrected chi connectivity index (χ1v) is 11.2. The molecule has 0 saturated heterocycles. The number of sulfone groups is 1. The van der Waals surface area contributed by atoms with Crippen molar-refractivity contribution >= 4 is 15.7 Å². The molecule has 0 atom stereocenters. The van der Waals surface area contributed by atoms with Gasteiger partial charge in [0.05, 0.1) is 4.90 Å². The maximum atomic E-state index is 12.4. The van der Waals surface area contributed by atoms with E-state index in [0.717, 1.165) is 18.8 Å². The van der Waals surface area contributed by atoms with Gasteiger partial charge in [-0.15, -0.1) is 0 Å². The molecule has 0 unspecified atom stereocenters. The van der Waals surface area contributed by atoms with Crippen LogP contribution in [0.15, 0.2) is 51.8 Å². The van der Waals surface area contributed by atoms with E-state index >= 15 is 0 Å². The van der Waals surface area contributed by atoms with Gasteiger partial charge >= 0.3 is 0 Å². The van der Waals surface area contributed by atoms with Gasteiger partial charge in [0.1, 0.15) is 11.5 Å². The average molecular weight is 392 g/mol. The first-order valence-electron chi connectivity index (χ1n) is 9.53. The quantitative estimate of drug-likeness (QED) is 0.568. The van der Waals surface area contributed by atoms with E-state index in [1.165, 1.54) is 25.3 Å². The summed E-state index contributed by atoms with van der Waals surface area (Å²) in [7, 11) is -3.49. The van der Waals surface area contributed by atoms with E-state index < -0.39 is 9.84 Å². The molecule has 5 nitrogen and oxygen atoms in total. The van der Waals surface area contributed by atoms with Gasteiger partial charge < -0.3 is 9.73 Å². The second kappa shape index (κ2) is 10.3. The molecule has 0 aliphatic carbocycles. The number of benzene rings is 1. The average Bonchev–Trinajstić information content (AvgIpc) is 3.09. The fraction of sp³-hybridized carbons (Fsp3) is 0.476. The van der Waals surface area contributed by atoms with Crippen LogP contribution in [0.3, 0.4) is 0 Å². The van der Waals surface area contributed by atoms with Crippen molar-refractivity contribution in [3.63, 3.8) is 0 Å². The molecule has 0 radical (unpaired) electrons. The minimum absolute atomic E-state index is 0.146. The smallest absolute Gasteiger partial charge is 0.286 e. The third-order valence-electron chi connectivity index (χ3n) is 4.31. The van der Waals surface area contributed by atoms with Crippen LogP contribution in [0.25, 0.3) is 0 Å². The molecular weight excluding hydrogens is 362 g/mol. The summed E-state index contributed by atoms with van der Waals surface area (Å²) < 4.78 is 30.2. The summed E-state index contributed by atoms with van der Waals surface area (Å²) in [6.07, 6.45) is 5.66. The van der Waals surface area contributed by atoms with E-state index in [0.29, 0.717) is 6.54 Å². The van der Waals surface area contributed by atoms with Crippen molar-refractivity contribution in [2.75, 3.05) is 6.54 Å². The highest BCUT2D eigenvalue weighted by molar-refractivity contribution is 7.90. The normalized spacial score (nSPS) is 11.7. The van der Waals surface area contributed by atoms with Crippen LogP contribution in [0.1, 0.15) is 62.3 Å². The summed E-state index contributed by atoms with van der Waals surface area (Å²) in [6.45, 7) is 5.05. The van der Waals surface area contributed by atoms with Crippen molar-refractivity contribution in [1.29, 1.82) is 0 Å². The maximum absolute atomic E-state index is 12.4. The van der Waals surface area contributed by atoms with E-state index in [-0.39, 0.29) is 28.1 Å². The van der Waals surface area contributed by atoms with Gasteiger partial charge in [0.2, 0.25) is 0 Å². The summed E-state index contributed by atoms with van der Waals surface area (Å²) in [5.41, 5.74) is 0. The van der Waals surface area contributed by atoms with Gasteiger partial charge in [-0.2, -0.15) is 0 Å². The number of carbonyl (C=O) groups is 1. The van der Waals surface area contributed by atoms with Gasteiger partial charge in [0, 0.05) is 6.54 Å². The Morgan fingerprint density at radius 3 is 2.41 bits per heavy atom. The number of unbranched alkanes of at least 4 members (excludes halogenated alkanes) is 3. The molecule has 1 aromatic carbocycles. The minimum atomic E-state index is -3.49. The van der Waals surface area contributed by atoms with Crippen LogP contribution in [0.2, 0.25) is 0 Å². The van der Waals surface area contributed by atoms with Crippen molar-refractivity contribution in [2.45, 2.75) is 56.6 Å². The van der Waals surface area contributed by atoms with Crippen LogP contribution in [0.4, 0.5) is 0 Å². The monoisotopic (exact) mass is 391 g/mol. The molecule has 148 valence electrons. The third-order valence-corrected chi connectivity index (χ3v) is 5.97. The Kier molecular flexibility index (Phi) is 8.10. The lowest BCUT2D eigenvalue weighted by Crippen LogP contribution is -2.23. The molecule has 1 heterocycles. The standard InChI is InChI=1S/C21H29NO4S/c1-17(2)10-6-3-4-9-15-22-21(23)20-14-13-18(26-20)16-27(24,25)19-11-7-5-8-12-19/h5,7-8,11-14,17H,3-4,6,9-10,15-16H2,1-2H3,(H,22,23). The summed E-state index contributed by atoms with van der Waals surface area (Å²) >= 11 is 0. The van der Waals surface area contributed by atoms with Crippen LogP contribution in [0, 0.1) is 5.92 Å². The Hall–Kier alpha value is -2.08. The third kappa shape index (κ3) is 7.21. The van der Waals surface area contributed by atoms with Crippen LogP contribution < -0.4 is 5.32 Å². The van der Waals surface area contributed by atoms with Crippen molar-refractivity contribution in [3.05, 3.63) is 54.0 Å². The molecule has 0 bridgehead atoms.